The van der Waals surface area contributed by atoms with Gasteiger partial charge < -0.3 is 15.3 Å². The molecule has 6 atom stereocenters. The summed E-state index contributed by atoms with van der Waals surface area (Å²) in [6.07, 6.45) is 8.38. The summed E-state index contributed by atoms with van der Waals surface area (Å²) in [5.74, 6) is 6.96. The van der Waals surface area contributed by atoms with Gasteiger partial charge in [-0.2, -0.15) is 0 Å². The fourth-order valence-corrected chi connectivity index (χ4v) is 5.19. The first-order valence-electron chi connectivity index (χ1n) is 10.2. The van der Waals surface area contributed by atoms with Crippen LogP contribution in [0.15, 0.2) is 11.6 Å². The minimum atomic E-state index is -0.948. The minimum Gasteiger partial charge on any atom is -0.481 e. The van der Waals surface area contributed by atoms with Crippen molar-refractivity contribution in [3.8, 4) is 11.8 Å². The molecule has 26 heavy (non-hydrogen) atoms. The molecule has 0 heterocycles. The molecule has 0 amide bonds. The Kier molecular flexibility index (Phi) is 5.79. The molecule has 4 heteroatoms. The lowest BCUT2D eigenvalue weighted by atomic mass is 9.50. The highest BCUT2D eigenvalue weighted by Crippen LogP contribution is 2.57. The van der Waals surface area contributed by atoms with Gasteiger partial charge in [-0.05, 0) is 69.1 Å². The van der Waals surface area contributed by atoms with Gasteiger partial charge in [-0.3, -0.25) is 4.79 Å². The van der Waals surface area contributed by atoms with Crippen LogP contribution in [0.4, 0.5) is 0 Å². The van der Waals surface area contributed by atoms with E-state index in [1.165, 1.54) is 12.0 Å². The second-order valence-electron chi connectivity index (χ2n) is 8.55. The van der Waals surface area contributed by atoms with Crippen molar-refractivity contribution in [2.24, 2.45) is 29.6 Å². The highest BCUT2D eigenvalue weighted by Gasteiger charge is 2.52. The summed E-state index contributed by atoms with van der Waals surface area (Å²) >= 11 is 0. The van der Waals surface area contributed by atoms with Crippen LogP contribution in [-0.4, -0.2) is 33.0 Å². The summed E-state index contributed by atoms with van der Waals surface area (Å²) in [7, 11) is 0. The van der Waals surface area contributed by atoms with E-state index >= 15 is 0 Å². The van der Waals surface area contributed by atoms with Gasteiger partial charge in [0.1, 0.15) is 5.60 Å². The van der Waals surface area contributed by atoms with Crippen LogP contribution in [0.3, 0.4) is 0 Å². The van der Waals surface area contributed by atoms with Crippen molar-refractivity contribution in [3.63, 3.8) is 0 Å². The molecule has 144 valence electrons. The Bertz CT molecular complexity index is 612. The number of aliphatic hydroxyl groups is 2. The summed E-state index contributed by atoms with van der Waals surface area (Å²) < 4.78 is 0. The molecule has 0 radical (unpaired) electrons. The molecule has 3 aliphatic carbocycles. The minimum absolute atomic E-state index is 0.0816. The van der Waals surface area contributed by atoms with E-state index in [1.807, 2.05) is 6.92 Å². The highest BCUT2D eigenvalue weighted by molar-refractivity contribution is 5.66. The van der Waals surface area contributed by atoms with Crippen LogP contribution in [0.2, 0.25) is 0 Å². The van der Waals surface area contributed by atoms with Crippen molar-refractivity contribution in [2.45, 2.75) is 76.9 Å². The zero-order chi connectivity index (χ0) is 18.9. The van der Waals surface area contributed by atoms with Crippen LogP contribution in [0.25, 0.3) is 0 Å². The van der Waals surface area contributed by atoms with Crippen LogP contribution in [-0.2, 0) is 4.79 Å². The van der Waals surface area contributed by atoms with Gasteiger partial charge in [0.15, 0.2) is 0 Å². The van der Waals surface area contributed by atoms with Gasteiger partial charge in [0.2, 0.25) is 0 Å². The van der Waals surface area contributed by atoms with Crippen molar-refractivity contribution >= 4 is 5.97 Å². The first kappa shape index (κ1) is 19.5. The fraction of sp³-hybridized carbons (Fsp3) is 0.773. The van der Waals surface area contributed by atoms with Crippen LogP contribution in [0.1, 0.15) is 65.2 Å². The molecule has 0 aromatic heterocycles. The van der Waals surface area contributed by atoms with E-state index in [0.717, 1.165) is 32.1 Å². The van der Waals surface area contributed by atoms with Crippen molar-refractivity contribution in [2.75, 3.05) is 0 Å². The highest BCUT2D eigenvalue weighted by atomic mass is 16.4. The van der Waals surface area contributed by atoms with Gasteiger partial charge in [0.05, 0.1) is 12.0 Å². The number of carboxylic acids is 1. The zero-order valence-corrected chi connectivity index (χ0v) is 15.9. The molecule has 4 nitrogen and oxygen atoms in total. The van der Waals surface area contributed by atoms with E-state index in [0.29, 0.717) is 24.2 Å². The second-order valence-corrected chi connectivity index (χ2v) is 8.55. The Hall–Kier alpha value is -1.31. The van der Waals surface area contributed by atoms with E-state index in [4.69, 9.17) is 5.11 Å². The van der Waals surface area contributed by atoms with E-state index in [2.05, 4.69) is 24.8 Å². The SMILES string of the molecule is CCC1C(=CCCC(=O)O)[C@@H]2CC[C@H](O)[C@@H](C#CC(C)(O)C3CCC3)[C@H]12. The van der Waals surface area contributed by atoms with E-state index < -0.39 is 17.7 Å². The molecular weight excluding hydrogens is 328 g/mol. The summed E-state index contributed by atoms with van der Waals surface area (Å²) in [5, 5.41) is 30.1. The lowest BCUT2D eigenvalue weighted by Crippen LogP contribution is -2.51. The molecule has 3 rings (SSSR count). The third-order valence-electron chi connectivity index (χ3n) is 6.96. The number of aliphatic carboxylic acids is 1. The number of hydrogen-bond donors (Lipinski definition) is 3. The van der Waals surface area contributed by atoms with Crippen LogP contribution >= 0.6 is 0 Å². The normalized spacial score (nSPS) is 37.5. The zero-order valence-electron chi connectivity index (χ0n) is 15.9. The van der Waals surface area contributed by atoms with Crippen LogP contribution < -0.4 is 0 Å². The van der Waals surface area contributed by atoms with Crippen molar-refractivity contribution in [1.82, 2.24) is 0 Å². The van der Waals surface area contributed by atoms with Crippen LogP contribution in [0.5, 0.6) is 0 Å². The van der Waals surface area contributed by atoms with Gasteiger partial charge in [0, 0.05) is 6.42 Å². The third kappa shape index (κ3) is 3.70. The van der Waals surface area contributed by atoms with Crippen molar-refractivity contribution in [3.05, 3.63) is 11.6 Å². The summed E-state index contributed by atoms with van der Waals surface area (Å²) in [5.41, 5.74) is 0.430. The first-order valence-corrected chi connectivity index (χ1v) is 10.2. The quantitative estimate of drug-likeness (QED) is 0.519. The van der Waals surface area contributed by atoms with Crippen molar-refractivity contribution < 1.29 is 20.1 Å². The molecule has 0 spiro atoms. The topological polar surface area (TPSA) is 77.8 Å². The van der Waals surface area contributed by atoms with Crippen molar-refractivity contribution in [1.29, 1.82) is 0 Å². The number of carbonyl (C=O) groups is 1. The molecule has 2 unspecified atom stereocenters. The van der Waals surface area contributed by atoms with Gasteiger partial charge in [0.25, 0.3) is 0 Å². The maximum atomic E-state index is 10.8. The number of hydrogen-bond acceptors (Lipinski definition) is 3. The standard InChI is InChI=1S/C22H32O4/c1-3-15-16(8-5-9-20(24)25)17-10-11-19(23)18(21(15)17)12-13-22(2,26)14-6-4-7-14/h8,14-15,17-19,21,23,26H,3-7,9-11H2,1-2H3,(H,24,25)/t15?,17-,18+,19-,21+,22?/m0/s1. The summed E-state index contributed by atoms with van der Waals surface area (Å²) in [6, 6.07) is 0. The largest absolute Gasteiger partial charge is 0.481 e. The molecule has 3 aliphatic rings. The Labute approximate surface area is 156 Å². The van der Waals surface area contributed by atoms with Gasteiger partial charge in [-0.25, -0.2) is 0 Å². The Morgan fingerprint density at radius 1 is 1.31 bits per heavy atom. The first-order chi connectivity index (χ1) is 12.3. The van der Waals surface area contributed by atoms with Gasteiger partial charge >= 0.3 is 5.97 Å². The molecule has 3 saturated carbocycles. The molecular formula is C22H32O4. The smallest absolute Gasteiger partial charge is 0.303 e. The maximum Gasteiger partial charge on any atom is 0.303 e. The number of rotatable bonds is 5. The summed E-state index contributed by atoms with van der Waals surface area (Å²) in [6.45, 7) is 3.97. The number of allylic oxidation sites excluding steroid dienone is 2. The lowest BCUT2D eigenvalue weighted by molar-refractivity contribution is -0.136. The number of fused-ring (bicyclic) bond motifs is 1. The average molecular weight is 360 g/mol. The Morgan fingerprint density at radius 2 is 2.04 bits per heavy atom. The van der Waals surface area contributed by atoms with Crippen LogP contribution in [0, 0.1) is 41.4 Å². The number of carboxylic acid groups (broad SMARTS) is 1. The maximum absolute atomic E-state index is 10.8. The number of aliphatic hydroxyl groups excluding tert-OH is 1. The monoisotopic (exact) mass is 360 g/mol. The molecule has 0 saturated heterocycles. The predicted octanol–water partition coefficient (Wildman–Crippen LogP) is 3.38. The van der Waals surface area contributed by atoms with E-state index in [9.17, 15) is 15.0 Å². The summed E-state index contributed by atoms with van der Waals surface area (Å²) in [4.78, 5) is 10.8. The molecule has 3 fully saturated rings. The van der Waals surface area contributed by atoms with E-state index in [-0.39, 0.29) is 18.3 Å². The Balaban J connectivity index is 1.74. The molecule has 0 bridgehead atoms. The third-order valence-corrected chi connectivity index (χ3v) is 6.96. The predicted molar refractivity (Wildman–Crippen MR) is 100 cm³/mol. The second kappa shape index (κ2) is 7.74. The average Bonchev–Trinajstić information content (AvgIpc) is 2.49. The van der Waals surface area contributed by atoms with E-state index in [1.54, 1.807) is 0 Å². The molecule has 0 aromatic carbocycles. The Morgan fingerprint density at radius 3 is 2.62 bits per heavy atom. The molecule has 0 aromatic rings. The fourth-order valence-electron chi connectivity index (χ4n) is 5.19. The molecule has 3 N–H and O–H groups in total. The van der Waals surface area contributed by atoms with Gasteiger partial charge in [-0.15, -0.1) is 0 Å². The lowest BCUT2D eigenvalue weighted by Gasteiger charge is -2.54. The molecule has 0 aliphatic heterocycles. The van der Waals surface area contributed by atoms with Gasteiger partial charge in [-0.1, -0.05) is 36.8 Å².